The SMILES string of the molecule is Cc1nc(C(C)C)nn1C(=O)C(C)C. The predicted octanol–water partition coefficient (Wildman–Crippen LogP) is 2.01. The fourth-order valence-corrected chi connectivity index (χ4v) is 1.11. The van der Waals surface area contributed by atoms with Gasteiger partial charge in [-0.3, -0.25) is 4.79 Å². The van der Waals surface area contributed by atoms with Crippen molar-refractivity contribution in [3.63, 3.8) is 0 Å². The summed E-state index contributed by atoms with van der Waals surface area (Å²) in [6, 6.07) is 0. The van der Waals surface area contributed by atoms with E-state index in [-0.39, 0.29) is 17.7 Å². The lowest BCUT2D eigenvalue weighted by Gasteiger charge is -2.03. The molecule has 78 valence electrons. The van der Waals surface area contributed by atoms with Crippen LogP contribution in [0.4, 0.5) is 0 Å². The normalized spacial score (nSPS) is 11.4. The Labute approximate surface area is 84.3 Å². The van der Waals surface area contributed by atoms with E-state index < -0.39 is 0 Å². The van der Waals surface area contributed by atoms with Crippen molar-refractivity contribution in [2.24, 2.45) is 5.92 Å². The van der Waals surface area contributed by atoms with E-state index >= 15 is 0 Å². The van der Waals surface area contributed by atoms with Gasteiger partial charge in [-0.1, -0.05) is 27.7 Å². The van der Waals surface area contributed by atoms with Gasteiger partial charge in [-0.2, -0.15) is 4.68 Å². The van der Waals surface area contributed by atoms with Crippen LogP contribution in [0.3, 0.4) is 0 Å². The summed E-state index contributed by atoms with van der Waals surface area (Å²) >= 11 is 0. The van der Waals surface area contributed by atoms with Gasteiger partial charge in [0.1, 0.15) is 5.82 Å². The van der Waals surface area contributed by atoms with Gasteiger partial charge in [-0.25, -0.2) is 4.98 Å². The molecule has 0 aromatic carbocycles. The number of hydrogen-bond acceptors (Lipinski definition) is 3. The molecule has 0 aliphatic carbocycles. The number of carbonyl (C=O) groups is 1. The van der Waals surface area contributed by atoms with Crippen LogP contribution in [0.5, 0.6) is 0 Å². The Kier molecular flexibility index (Phi) is 3.03. The molecule has 0 amide bonds. The quantitative estimate of drug-likeness (QED) is 0.725. The van der Waals surface area contributed by atoms with Gasteiger partial charge in [-0.05, 0) is 6.92 Å². The molecule has 14 heavy (non-hydrogen) atoms. The molecule has 0 bridgehead atoms. The van der Waals surface area contributed by atoms with Crippen LogP contribution in [0.2, 0.25) is 0 Å². The minimum Gasteiger partial charge on any atom is -0.272 e. The van der Waals surface area contributed by atoms with Crippen molar-refractivity contribution in [2.45, 2.75) is 40.5 Å². The molecule has 0 spiro atoms. The molecule has 4 nitrogen and oxygen atoms in total. The Bertz CT molecular complexity index is 339. The van der Waals surface area contributed by atoms with Crippen molar-refractivity contribution < 1.29 is 4.79 Å². The number of carbonyl (C=O) groups excluding carboxylic acids is 1. The van der Waals surface area contributed by atoms with E-state index in [1.54, 1.807) is 6.92 Å². The van der Waals surface area contributed by atoms with Crippen LogP contribution in [-0.2, 0) is 0 Å². The smallest absolute Gasteiger partial charge is 0.251 e. The standard InChI is InChI=1S/C10H17N3O/c1-6(2)9-11-8(5)13(12-9)10(14)7(3)4/h6-7H,1-5H3. The number of hydrogen-bond donors (Lipinski definition) is 0. The molecule has 0 aliphatic heterocycles. The third-order valence-corrected chi connectivity index (χ3v) is 2.00. The highest BCUT2D eigenvalue weighted by Gasteiger charge is 2.16. The molecule has 0 aliphatic rings. The molecule has 1 aromatic rings. The van der Waals surface area contributed by atoms with Crippen LogP contribution >= 0.6 is 0 Å². The molecular formula is C10H17N3O. The van der Waals surface area contributed by atoms with Crippen LogP contribution in [0.25, 0.3) is 0 Å². The second kappa shape index (κ2) is 3.90. The maximum absolute atomic E-state index is 11.7. The fourth-order valence-electron chi connectivity index (χ4n) is 1.11. The minimum atomic E-state index is -0.0459. The molecule has 0 N–H and O–H groups in total. The van der Waals surface area contributed by atoms with Gasteiger partial charge >= 0.3 is 0 Å². The van der Waals surface area contributed by atoms with E-state index in [4.69, 9.17) is 0 Å². The second-order valence-electron chi connectivity index (χ2n) is 4.08. The van der Waals surface area contributed by atoms with Crippen LogP contribution < -0.4 is 0 Å². The van der Waals surface area contributed by atoms with Crippen molar-refractivity contribution in [2.75, 3.05) is 0 Å². The Morgan fingerprint density at radius 2 is 1.86 bits per heavy atom. The summed E-state index contributed by atoms with van der Waals surface area (Å²) in [4.78, 5) is 15.9. The first-order valence-electron chi connectivity index (χ1n) is 4.91. The highest BCUT2D eigenvalue weighted by atomic mass is 16.2. The van der Waals surface area contributed by atoms with Crippen molar-refractivity contribution in [3.8, 4) is 0 Å². The number of nitrogens with zero attached hydrogens (tertiary/aromatic N) is 3. The monoisotopic (exact) mass is 195 g/mol. The van der Waals surface area contributed by atoms with Crippen molar-refractivity contribution in [3.05, 3.63) is 11.6 Å². The first kappa shape index (κ1) is 10.9. The van der Waals surface area contributed by atoms with E-state index in [9.17, 15) is 4.79 Å². The largest absolute Gasteiger partial charge is 0.272 e. The molecule has 0 atom stereocenters. The Morgan fingerprint density at radius 3 is 2.21 bits per heavy atom. The van der Waals surface area contributed by atoms with Gasteiger partial charge in [0.15, 0.2) is 5.82 Å². The van der Waals surface area contributed by atoms with Gasteiger partial charge in [-0.15, -0.1) is 5.10 Å². The van der Waals surface area contributed by atoms with Gasteiger partial charge in [0.25, 0.3) is 5.91 Å². The van der Waals surface area contributed by atoms with E-state index in [2.05, 4.69) is 10.1 Å². The lowest BCUT2D eigenvalue weighted by molar-refractivity contribution is 0.0835. The maximum atomic E-state index is 11.7. The maximum Gasteiger partial charge on any atom is 0.251 e. The molecule has 1 aromatic heterocycles. The van der Waals surface area contributed by atoms with Crippen LogP contribution in [-0.4, -0.2) is 20.7 Å². The molecule has 0 saturated carbocycles. The van der Waals surface area contributed by atoms with E-state index in [1.807, 2.05) is 27.7 Å². The lowest BCUT2D eigenvalue weighted by atomic mass is 10.2. The number of aromatic nitrogens is 3. The summed E-state index contributed by atoms with van der Waals surface area (Å²) in [6.07, 6.45) is 0. The molecule has 0 fully saturated rings. The minimum absolute atomic E-state index is 0.00176. The van der Waals surface area contributed by atoms with Gasteiger partial charge in [0, 0.05) is 11.8 Å². The average Bonchev–Trinajstić information content (AvgIpc) is 2.46. The summed E-state index contributed by atoms with van der Waals surface area (Å²) in [5, 5.41) is 4.19. The first-order valence-corrected chi connectivity index (χ1v) is 4.91. The first-order chi connectivity index (χ1) is 6.43. The summed E-state index contributed by atoms with van der Waals surface area (Å²) in [5.41, 5.74) is 0. The topological polar surface area (TPSA) is 47.8 Å². The zero-order chi connectivity index (χ0) is 10.9. The zero-order valence-corrected chi connectivity index (χ0v) is 9.40. The van der Waals surface area contributed by atoms with Crippen LogP contribution in [0, 0.1) is 12.8 Å². The molecular weight excluding hydrogens is 178 g/mol. The summed E-state index contributed by atoms with van der Waals surface area (Å²) in [6.45, 7) is 9.55. The van der Waals surface area contributed by atoms with E-state index in [0.29, 0.717) is 5.82 Å². The van der Waals surface area contributed by atoms with Gasteiger partial charge in [0.2, 0.25) is 0 Å². The number of rotatable bonds is 2. The number of aryl methyl sites for hydroxylation is 1. The molecule has 1 rings (SSSR count). The summed E-state index contributed by atoms with van der Waals surface area (Å²) < 4.78 is 1.40. The molecule has 1 heterocycles. The Balaban J connectivity index is 3.04. The molecule has 4 heteroatoms. The molecule has 0 saturated heterocycles. The van der Waals surface area contributed by atoms with Crippen LogP contribution in [0.15, 0.2) is 0 Å². The lowest BCUT2D eigenvalue weighted by Crippen LogP contribution is -2.19. The molecule has 0 radical (unpaired) electrons. The Hall–Kier alpha value is -1.19. The zero-order valence-electron chi connectivity index (χ0n) is 9.40. The van der Waals surface area contributed by atoms with Gasteiger partial charge < -0.3 is 0 Å². The summed E-state index contributed by atoms with van der Waals surface area (Å²) in [7, 11) is 0. The van der Waals surface area contributed by atoms with Gasteiger partial charge in [0.05, 0.1) is 0 Å². The third-order valence-electron chi connectivity index (χ3n) is 2.00. The average molecular weight is 195 g/mol. The molecule has 0 unspecified atom stereocenters. The van der Waals surface area contributed by atoms with Crippen molar-refractivity contribution in [1.29, 1.82) is 0 Å². The predicted molar refractivity (Wildman–Crippen MR) is 54.3 cm³/mol. The second-order valence-corrected chi connectivity index (χ2v) is 4.08. The Morgan fingerprint density at radius 1 is 1.29 bits per heavy atom. The van der Waals surface area contributed by atoms with E-state index in [0.717, 1.165) is 5.82 Å². The third kappa shape index (κ3) is 2.00. The summed E-state index contributed by atoms with van der Waals surface area (Å²) in [5.74, 6) is 1.62. The fraction of sp³-hybridized carbons (Fsp3) is 0.700. The highest BCUT2D eigenvalue weighted by Crippen LogP contribution is 2.10. The van der Waals surface area contributed by atoms with E-state index in [1.165, 1.54) is 4.68 Å². The van der Waals surface area contributed by atoms with Crippen LogP contribution in [0.1, 0.15) is 50.1 Å². The highest BCUT2D eigenvalue weighted by molar-refractivity contribution is 5.80. The van der Waals surface area contributed by atoms with Crippen molar-refractivity contribution in [1.82, 2.24) is 14.8 Å². The van der Waals surface area contributed by atoms with Crippen molar-refractivity contribution >= 4 is 5.91 Å².